The molecule has 35 heavy (non-hydrogen) atoms. The van der Waals surface area contributed by atoms with Gasteiger partial charge in [0.1, 0.15) is 6.61 Å². The minimum absolute atomic E-state index is 0.129. The fraction of sp³-hybridized carbons (Fsp3) is 0.296. The van der Waals surface area contributed by atoms with E-state index in [-0.39, 0.29) is 13.2 Å². The van der Waals surface area contributed by atoms with Gasteiger partial charge in [0.2, 0.25) is 5.82 Å². The van der Waals surface area contributed by atoms with Crippen LogP contribution in [0.15, 0.2) is 48.5 Å². The zero-order valence-corrected chi connectivity index (χ0v) is 20.5. The Morgan fingerprint density at radius 2 is 1.71 bits per heavy atom. The Morgan fingerprint density at radius 3 is 2.31 bits per heavy atom. The van der Waals surface area contributed by atoms with Gasteiger partial charge >= 0.3 is 5.97 Å². The summed E-state index contributed by atoms with van der Waals surface area (Å²) in [5.74, 6) is 0.499. The molecule has 0 saturated heterocycles. The largest absolute Gasteiger partial charge is 0.457 e. The van der Waals surface area contributed by atoms with Crippen LogP contribution in [-0.4, -0.2) is 31.6 Å². The molecule has 0 spiro atoms. The number of nitrogens with two attached hydrogens (primary N) is 1. The van der Waals surface area contributed by atoms with E-state index in [9.17, 15) is 4.79 Å². The average molecular weight is 471 g/mol. The van der Waals surface area contributed by atoms with E-state index in [4.69, 9.17) is 15.5 Å². The number of benzene rings is 2. The zero-order valence-electron chi connectivity index (χ0n) is 20.5. The van der Waals surface area contributed by atoms with Crippen LogP contribution in [0.4, 0.5) is 0 Å². The number of carbonyl (C=O) groups is 1. The molecule has 0 unspecified atom stereocenters. The molecule has 0 aliphatic rings. The highest BCUT2D eigenvalue weighted by Crippen LogP contribution is 2.33. The molecule has 0 saturated carbocycles. The Morgan fingerprint density at radius 1 is 1.03 bits per heavy atom. The van der Waals surface area contributed by atoms with Crippen LogP contribution in [0, 0.1) is 19.8 Å². The van der Waals surface area contributed by atoms with E-state index in [0.717, 1.165) is 45.5 Å². The quantitative estimate of drug-likeness (QED) is 0.362. The van der Waals surface area contributed by atoms with Gasteiger partial charge in [-0.1, -0.05) is 67.9 Å². The van der Waals surface area contributed by atoms with Crippen molar-refractivity contribution in [2.75, 3.05) is 0 Å². The number of ether oxygens (including phenoxy) is 1. The molecule has 180 valence electrons. The van der Waals surface area contributed by atoms with Gasteiger partial charge in [0.25, 0.3) is 0 Å². The van der Waals surface area contributed by atoms with E-state index >= 15 is 0 Å². The molecule has 2 aromatic heterocycles. The predicted octanol–water partition coefficient (Wildman–Crippen LogP) is 4.56. The van der Waals surface area contributed by atoms with Gasteiger partial charge in [-0.3, -0.25) is 4.98 Å². The summed E-state index contributed by atoms with van der Waals surface area (Å²) in [4.78, 5) is 18.2. The van der Waals surface area contributed by atoms with Gasteiger partial charge in [-0.15, -0.1) is 10.2 Å². The first-order valence-corrected chi connectivity index (χ1v) is 11.7. The smallest absolute Gasteiger partial charge is 0.340 e. The van der Waals surface area contributed by atoms with Gasteiger partial charge in [-0.25, -0.2) is 4.79 Å². The molecule has 8 nitrogen and oxygen atoms in total. The lowest BCUT2D eigenvalue weighted by Crippen LogP contribution is -2.17. The van der Waals surface area contributed by atoms with E-state index < -0.39 is 5.97 Å². The molecule has 4 rings (SSSR count). The molecule has 2 aromatic carbocycles. The van der Waals surface area contributed by atoms with Gasteiger partial charge in [0.05, 0.1) is 11.3 Å². The van der Waals surface area contributed by atoms with Crippen LogP contribution >= 0.6 is 0 Å². The predicted molar refractivity (Wildman–Crippen MR) is 134 cm³/mol. The summed E-state index contributed by atoms with van der Waals surface area (Å²) < 4.78 is 5.76. The number of hydrogen-bond donors (Lipinski definition) is 2. The number of aromatic amines is 1. The van der Waals surface area contributed by atoms with E-state index in [0.29, 0.717) is 23.0 Å². The molecule has 4 aromatic rings. The second-order valence-electron chi connectivity index (χ2n) is 9.05. The first kappa shape index (κ1) is 24.2. The summed E-state index contributed by atoms with van der Waals surface area (Å²) in [7, 11) is 0. The number of tetrazole rings is 1. The maximum atomic E-state index is 13.4. The lowest BCUT2D eigenvalue weighted by molar-refractivity contribution is 0.0472. The number of H-pyrrole nitrogens is 1. The number of nitrogens with zero attached hydrogens (tertiary/aromatic N) is 4. The van der Waals surface area contributed by atoms with Crippen molar-refractivity contribution in [1.29, 1.82) is 0 Å². The van der Waals surface area contributed by atoms with E-state index in [1.807, 2.05) is 62.4 Å². The molecule has 0 aliphatic carbocycles. The molecule has 0 atom stereocenters. The number of carbonyl (C=O) groups excluding carboxylic acids is 1. The fourth-order valence-corrected chi connectivity index (χ4v) is 4.12. The number of aryl methyl sites for hydroxylation is 2. The minimum atomic E-state index is -0.418. The third-order valence-electron chi connectivity index (χ3n) is 5.84. The highest BCUT2D eigenvalue weighted by atomic mass is 16.5. The third kappa shape index (κ3) is 5.44. The van der Waals surface area contributed by atoms with Crippen LogP contribution < -0.4 is 5.73 Å². The topological polar surface area (TPSA) is 120 Å². The maximum Gasteiger partial charge on any atom is 0.340 e. The minimum Gasteiger partial charge on any atom is -0.457 e. The highest BCUT2D eigenvalue weighted by molar-refractivity contribution is 5.99. The summed E-state index contributed by atoms with van der Waals surface area (Å²) in [5, 5.41) is 14.0. The van der Waals surface area contributed by atoms with Gasteiger partial charge in [-0.2, -0.15) is 5.21 Å². The van der Waals surface area contributed by atoms with Crippen molar-refractivity contribution in [3.8, 4) is 22.5 Å². The van der Waals surface area contributed by atoms with E-state index in [1.54, 1.807) is 0 Å². The SMILES string of the molecule is Cc1ccc(-c2c(CN)c(CC(C)C)nc(C)c2C(=O)OCc2ccc(-c3nn[nH]n3)cc2)cc1. The van der Waals surface area contributed by atoms with Crippen LogP contribution in [0.5, 0.6) is 0 Å². The Labute approximate surface area is 204 Å². The first-order valence-electron chi connectivity index (χ1n) is 11.7. The van der Waals surface area contributed by atoms with Crippen LogP contribution in [0.25, 0.3) is 22.5 Å². The average Bonchev–Trinajstić information content (AvgIpc) is 3.38. The normalized spacial score (nSPS) is 11.1. The number of esters is 1. The number of pyridine rings is 1. The number of hydrogen-bond acceptors (Lipinski definition) is 7. The summed E-state index contributed by atoms with van der Waals surface area (Å²) in [6, 6.07) is 15.6. The second-order valence-corrected chi connectivity index (χ2v) is 9.05. The number of rotatable bonds is 8. The van der Waals surface area contributed by atoms with Crippen molar-refractivity contribution in [1.82, 2.24) is 25.6 Å². The maximum absolute atomic E-state index is 13.4. The van der Waals surface area contributed by atoms with E-state index in [1.165, 1.54) is 0 Å². The molecule has 8 heteroatoms. The fourth-order valence-electron chi connectivity index (χ4n) is 4.12. The lowest BCUT2D eigenvalue weighted by atomic mass is 9.90. The van der Waals surface area contributed by atoms with Gasteiger partial charge < -0.3 is 10.5 Å². The molecule has 3 N–H and O–H groups in total. The molecular weight excluding hydrogens is 440 g/mol. The van der Waals surface area contributed by atoms with Crippen molar-refractivity contribution in [2.45, 2.75) is 47.3 Å². The standard InChI is InChI=1S/C27H30N6O2/c1-16(2)13-23-22(14-28)25(20-9-5-17(3)6-10-20)24(18(4)29-23)27(34)35-15-19-7-11-21(12-8-19)26-30-32-33-31-26/h5-12,16H,13-15,28H2,1-4H3,(H,30,31,32,33). The monoisotopic (exact) mass is 470 g/mol. The van der Waals surface area contributed by atoms with Crippen molar-refractivity contribution >= 4 is 5.97 Å². The van der Waals surface area contributed by atoms with Crippen molar-refractivity contribution in [2.24, 2.45) is 11.7 Å². The Kier molecular flexibility index (Phi) is 7.31. The van der Waals surface area contributed by atoms with Crippen LogP contribution in [0.2, 0.25) is 0 Å². The van der Waals surface area contributed by atoms with Crippen molar-refractivity contribution < 1.29 is 9.53 Å². The van der Waals surface area contributed by atoms with Crippen molar-refractivity contribution in [3.05, 3.63) is 82.2 Å². The molecule has 0 aliphatic heterocycles. The molecule has 0 amide bonds. The summed E-state index contributed by atoms with van der Waals surface area (Å²) in [6.45, 7) is 8.61. The first-order chi connectivity index (χ1) is 16.9. The zero-order chi connectivity index (χ0) is 24.9. The molecular formula is C27H30N6O2. The summed E-state index contributed by atoms with van der Waals surface area (Å²) in [5.41, 5.74) is 13.7. The molecule has 0 radical (unpaired) electrons. The van der Waals surface area contributed by atoms with Crippen LogP contribution in [0.3, 0.4) is 0 Å². The Balaban J connectivity index is 1.67. The van der Waals surface area contributed by atoms with Gasteiger partial charge in [0, 0.05) is 23.4 Å². The van der Waals surface area contributed by atoms with E-state index in [2.05, 4.69) is 34.5 Å². The van der Waals surface area contributed by atoms with Crippen molar-refractivity contribution in [3.63, 3.8) is 0 Å². The highest BCUT2D eigenvalue weighted by Gasteiger charge is 2.24. The third-order valence-corrected chi connectivity index (χ3v) is 5.84. The molecule has 0 bridgehead atoms. The van der Waals surface area contributed by atoms with Crippen LogP contribution in [0.1, 0.15) is 52.3 Å². The Bertz CT molecular complexity index is 1300. The summed E-state index contributed by atoms with van der Waals surface area (Å²) in [6.07, 6.45) is 0.786. The van der Waals surface area contributed by atoms with Crippen LogP contribution in [-0.2, 0) is 24.3 Å². The molecule has 0 fully saturated rings. The number of aromatic nitrogens is 5. The number of nitrogens with one attached hydrogen (secondary N) is 1. The Hall–Kier alpha value is -3.91. The molecule has 2 heterocycles. The second kappa shape index (κ2) is 10.6. The van der Waals surface area contributed by atoms with Gasteiger partial charge in [0.15, 0.2) is 0 Å². The van der Waals surface area contributed by atoms with Gasteiger partial charge in [-0.05, 0) is 48.1 Å². The lowest BCUT2D eigenvalue weighted by Gasteiger charge is -2.20. The summed E-state index contributed by atoms with van der Waals surface area (Å²) >= 11 is 0.